The summed E-state index contributed by atoms with van der Waals surface area (Å²) in [5.41, 5.74) is 6.09. The number of benzene rings is 1. The van der Waals surface area contributed by atoms with Gasteiger partial charge in [0.25, 0.3) is 0 Å². The molecule has 0 atom stereocenters. The second-order valence-electron chi connectivity index (χ2n) is 5.94. The van der Waals surface area contributed by atoms with Gasteiger partial charge in [-0.25, -0.2) is 9.79 Å². The van der Waals surface area contributed by atoms with Gasteiger partial charge in [0, 0.05) is 36.8 Å². The van der Waals surface area contributed by atoms with Crippen molar-refractivity contribution in [2.24, 2.45) is 10.7 Å². The first-order chi connectivity index (χ1) is 12.0. The summed E-state index contributed by atoms with van der Waals surface area (Å²) < 4.78 is 5.21. The third-order valence-corrected chi connectivity index (χ3v) is 3.99. The zero-order chi connectivity index (χ0) is 18.2. The van der Waals surface area contributed by atoms with Crippen LogP contribution >= 0.6 is 11.6 Å². The fraction of sp³-hybridized carbons (Fsp3) is 0.389. The molecule has 0 unspecified atom stereocenters. The van der Waals surface area contributed by atoms with E-state index in [-0.39, 0.29) is 17.5 Å². The summed E-state index contributed by atoms with van der Waals surface area (Å²) in [6, 6.07) is 6.96. The van der Waals surface area contributed by atoms with Crippen molar-refractivity contribution >= 4 is 29.4 Å². The van der Waals surface area contributed by atoms with Crippen molar-refractivity contribution in [3.8, 4) is 0 Å². The summed E-state index contributed by atoms with van der Waals surface area (Å²) in [5, 5.41) is 0.611. The summed E-state index contributed by atoms with van der Waals surface area (Å²) in [4.78, 5) is 28.8. The molecule has 1 heterocycles. The van der Waals surface area contributed by atoms with Crippen LogP contribution in [0.15, 0.2) is 41.2 Å². The standard InChI is InChI=1S/C18H22ClN3O3/c1-22(11-5-3-2-4-6-16(20)23)12-15-18(24)25-17(21-15)13-7-9-14(19)10-8-13/h7-10,12H,2-6,11H2,1H3,(H2,20,23). The van der Waals surface area contributed by atoms with Crippen molar-refractivity contribution in [1.82, 2.24) is 4.90 Å². The third kappa shape index (κ3) is 6.23. The predicted molar refractivity (Wildman–Crippen MR) is 97.1 cm³/mol. The van der Waals surface area contributed by atoms with Crippen molar-refractivity contribution < 1.29 is 14.3 Å². The van der Waals surface area contributed by atoms with E-state index in [1.165, 1.54) is 0 Å². The van der Waals surface area contributed by atoms with E-state index in [0.29, 0.717) is 17.0 Å². The Hall–Kier alpha value is -2.34. The number of cyclic esters (lactones) is 1. The minimum absolute atomic E-state index is 0.254. The predicted octanol–water partition coefficient (Wildman–Crippen LogP) is 2.85. The number of amides is 1. The molecule has 25 heavy (non-hydrogen) atoms. The zero-order valence-corrected chi connectivity index (χ0v) is 15.0. The largest absolute Gasteiger partial charge is 0.402 e. The van der Waals surface area contributed by atoms with Crippen LogP contribution in [0.4, 0.5) is 0 Å². The van der Waals surface area contributed by atoms with Crippen LogP contribution < -0.4 is 5.73 Å². The highest BCUT2D eigenvalue weighted by molar-refractivity contribution is 6.30. The number of unbranched alkanes of at least 4 members (excludes halogenated alkanes) is 3. The molecule has 0 radical (unpaired) electrons. The van der Waals surface area contributed by atoms with E-state index in [1.54, 1.807) is 30.5 Å². The molecule has 0 aliphatic carbocycles. The van der Waals surface area contributed by atoms with Gasteiger partial charge in [0.1, 0.15) is 0 Å². The Morgan fingerprint density at radius 1 is 1.24 bits per heavy atom. The number of carbonyl (C=O) groups excluding carboxylic acids is 2. The second-order valence-corrected chi connectivity index (χ2v) is 6.38. The number of esters is 1. The van der Waals surface area contributed by atoms with Gasteiger partial charge in [0.05, 0.1) is 0 Å². The number of nitrogens with two attached hydrogens (primary N) is 1. The van der Waals surface area contributed by atoms with Crippen LogP contribution in [0.2, 0.25) is 5.02 Å². The van der Waals surface area contributed by atoms with Gasteiger partial charge in [-0.2, -0.15) is 0 Å². The van der Waals surface area contributed by atoms with E-state index in [0.717, 1.165) is 32.2 Å². The fourth-order valence-electron chi connectivity index (χ4n) is 2.40. The van der Waals surface area contributed by atoms with Gasteiger partial charge in [-0.1, -0.05) is 24.4 Å². The number of rotatable bonds is 9. The molecule has 0 fully saturated rings. The molecule has 1 aliphatic rings. The highest BCUT2D eigenvalue weighted by Crippen LogP contribution is 2.18. The maximum atomic E-state index is 11.9. The number of halogens is 1. The number of primary amides is 1. The minimum atomic E-state index is -0.460. The van der Waals surface area contributed by atoms with Gasteiger partial charge < -0.3 is 15.4 Å². The topological polar surface area (TPSA) is 85.0 Å². The van der Waals surface area contributed by atoms with Crippen LogP contribution in [0.3, 0.4) is 0 Å². The smallest absolute Gasteiger partial charge is 0.365 e. The molecular weight excluding hydrogens is 342 g/mol. The quantitative estimate of drug-likeness (QED) is 0.415. The van der Waals surface area contributed by atoms with E-state index in [4.69, 9.17) is 22.1 Å². The van der Waals surface area contributed by atoms with Crippen LogP contribution in [-0.2, 0) is 14.3 Å². The first kappa shape index (κ1) is 19.0. The molecule has 0 saturated carbocycles. The van der Waals surface area contributed by atoms with Crippen molar-refractivity contribution in [3.05, 3.63) is 46.7 Å². The molecule has 0 saturated heterocycles. The van der Waals surface area contributed by atoms with Crippen LogP contribution in [0.1, 0.15) is 37.7 Å². The lowest BCUT2D eigenvalue weighted by atomic mass is 10.1. The summed E-state index contributed by atoms with van der Waals surface area (Å²) in [7, 11) is 1.89. The highest BCUT2D eigenvalue weighted by Gasteiger charge is 2.24. The summed E-state index contributed by atoms with van der Waals surface area (Å²) in [6.45, 7) is 0.791. The minimum Gasteiger partial charge on any atom is -0.402 e. The molecule has 7 heteroatoms. The van der Waals surface area contributed by atoms with E-state index >= 15 is 0 Å². The normalized spacial score (nSPS) is 15.2. The molecular formula is C18H22ClN3O3. The Labute approximate surface area is 152 Å². The van der Waals surface area contributed by atoms with E-state index in [1.807, 2.05) is 11.9 Å². The Morgan fingerprint density at radius 2 is 1.92 bits per heavy atom. The fourth-order valence-corrected chi connectivity index (χ4v) is 2.53. The molecule has 1 aromatic rings. The molecule has 0 aromatic heterocycles. The number of hydrogen-bond donors (Lipinski definition) is 1. The molecule has 1 amide bonds. The van der Waals surface area contributed by atoms with Gasteiger partial charge in [-0.3, -0.25) is 4.79 Å². The average Bonchev–Trinajstić information content (AvgIpc) is 2.92. The first-order valence-corrected chi connectivity index (χ1v) is 8.60. The second kappa shape index (κ2) is 9.22. The summed E-state index contributed by atoms with van der Waals surface area (Å²) in [5.74, 6) is -0.429. The maximum Gasteiger partial charge on any atom is 0.365 e. The van der Waals surface area contributed by atoms with Gasteiger partial charge in [0.15, 0.2) is 5.70 Å². The van der Waals surface area contributed by atoms with E-state index in [2.05, 4.69) is 4.99 Å². The summed E-state index contributed by atoms with van der Waals surface area (Å²) in [6.07, 6.45) is 5.88. The third-order valence-electron chi connectivity index (χ3n) is 3.74. The van der Waals surface area contributed by atoms with Gasteiger partial charge in [-0.05, 0) is 37.1 Å². The van der Waals surface area contributed by atoms with E-state index in [9.17, 15) is 9.59 Å². The Morgan fingerprint density at radius 3 is 2.60 bits per heavy atom. The molecule has 2 rings (SSSR count). The van der Waals surface area contributed by atoms with Gasteiger partial charge >= 0.3 is 5.97 Å². The monoisotopic (exact) mass is 363 g/mol. The molecule has 0 spiro atoms. The highest BCUT2D eigenvalue weighted by atomic mass is 35.5. The number of hydrogen-bond acceptors (Lipinski definition) is 5. The Kier molecular flexibility index (Phi) is 7.01. The van der Waals surface area contributed by atoms with Crippen molar-refractivity contribution in [3.63, 3.8) is 0 Å². The molecule has 0 bridgehead atoms. The lowest BCUT2D eigenvalue weighted by Crippen LogP contribution is -2.14. The number of carbonyl (C=O) groups is 2. The van der Waals surface area contributed by atoms with Crippen molar-refractivity contribution in [2.75, 3.05) is 13.6 Å². The zero-order valence-electron chi connectivity index (χ0n) is 14.2. The number of aliphatic imine (C=N–C) groups is 1. The van der Waals surface area contributed by atoms with Crippen molar-refractivity contribution in [2.45, 2.75) is 32.1 Å². The van der Waals surface area contributed by atoms with Crippen LogP contribution in [0.25, 0.3) is 0 Å². The average molecular weight is 364 g/mol. The maximum absolute atomic E-state index is 11.9. The molecule has 6 nitrogen and oxygen atoms in total. The van der Waals surface area contributed by atoms with Crippen molar-refractivity contribution in [1.29, 1.82) is 0 Å². The lowest BCUT2D eigenvalue weighted by molar-refractivity contribution is -0.130. The van der Waals surface area contributed by atoms with E-state index < -0.39 is 5.97 Å². The van der Waals surface area contributed by atoms with Crippen LogP contribution in [-0.4, -0.2) is 36.3 Å². The first-order valence-electron chi connectivity index (χ1n) is 8.23. The van der Waals surface area contributed by atoms with Gasteiger partial charge in [-0.15, -0.1) is 0 Å². The Balaban J connectivity index is 1.83. The van der Waals surface area contributed by atoms with Crippen LogP contribution in [0, 0.1) is 0 Å². The van der Waals surface area contributed by atoms with Crippen LogP contribution in [0.5, 0.6) is 0 Å². The molecule has 2 N–H and O–H groups in total. The SMILES string of the molecule is CN(C=C1N=C(c2ccc(Cl)cc2)OC1=O)CCCCCCC(N)=O. The van der Waals surface area contributed by atoms with Gasteiger partial charge in [0.2, 0.25) is 11.8 Å². The summed E-state index contributed by atoms with van der Waals surface area (Å²) >= 11 is 5.85. The number of nitrogens with zero attached hydrogens (tertiary/aromatic N) is 2. The number of ether oxygens (including phenoxy) is 1. The molecule has 134 valence electrons. The molecule has 1 aromatic carbocycles. The lowest BCUT2D eigenvalue weighted by Gasteiger charge is -2.13. The molecule has 1 aliphatic heterocycles. The Bertz CT molecular complexity index is 683.